The van der Waals surface area contributed by atoms with E-state index in [1.165, 1.54) is 18.0 Å². The number of pyridine rings is 1. The van der Waals surface area contributed by atoms with E-state index in [0.717, 1.165) is 38.1 Å². The summed E-state index contributed by atoms with van der Waals surface area (Å²) in [6.07, 6.45) is 0.490. The molecule has 224 valence electrons. The predicted molar refractivity (Wildman–Crippen MR) is 167 cm³/mol. The highest BCUT2D eigenvalue weighted by Gasteiger charge is 2.38. The molecule has 0 saturated carbocycles. The summed E-state index contributed by atoms with van der Waals surface area (Å²) in [5.74, 6) is 0.607. The van der Waals surface area contributed by atoms with Gasteiger partial charge >= 0.3 is 6.03 Å². The number of ether oxygens (including phenoxy) is 2. The summed E-state index contributed by atoms with van der Waals surface area (Å²) >= 11 is 1.47. The molecule has 1 aliphatic heterocycles. The minimum atomic E-state index is -0.596. The zero-order chi connectivity index (χ0) is 30.2. The summed E-state index contributed by atoms with van der Waals surface area (Å²) in [5, 5.41) is 28.0. The first-order valence-electron chi connectivity index (χ1n) is 14.5. The number of carbonyl (C=O) groups excluding carboxylic acids is 1. The fraction of sp³-hybridized carbons (Fsp3) is 0.294. The van der Waals surface area contributed by atoms with Crippen LogP contribution >= 0.6 is 11.8 Å². The minimum absolute atomic E-state index is 0.0153. The van der Waals surface area contributed by atoms with Gasteiger partial charge < -0.3 is 30.4 Å². The van der Waals surface area contributed by atoms with Crippen molar-refractivity contribution in [1.82, 2.24) is 10.6 Å². The predicted octanol–water partition coefficient (Wildman–Crippen LogP) is 5.88. The third-order valence-corrected chi connectivity index (χ3v) is 8.65. The van der Waals surface area contributed by atoms with Crippen molar-refractivity contribution in [2.45, 2.75) is 50.5 Å². The number of urea groups is 1. The first-order valence-corrected chi connectivity index (χ1v) is 15.5. The Kier molecular flexibility index (Phi) is 10.3. The number of aliphatic hydroxyl groups is 1. The lowest BCUT2D eigenvalue weighted by molar-refractivity contribution is -0.645. The van der Waals surface area contributed by atoms with Crippen molar-refractivity contribution in [2.75, 3.05) is 12.3 Å². The molecule has 2 amide bonds. The summed E-state index contributed by atoms with van der Waals surface area (Å²) in [7, 11) is 0. The fourth-order valence-corrected chi connectivity index (χ4v) is 6.18. The Labute approximate surface area is 256 Å². The SMILES string of the molecule is CCNC(=O)NCc1cccc(-c2ccc([C@@H]3O[C@H](CSc4cccc[n+]4[O-])[C@H](C)[C@H](c4ccc(CO)cc4)O3)cc2)c1. The van der Waals surface area contributed by atoms with Crippen LogP contribution in [0.4, 0.5) is 4.79 Å². The molecule has 5 rings (SSSR count). The van der Waals surface area contributed by atoms with Crippen LogP contribution in [0.5, 0.6) is 0 Å². The van der Waals surface area contributed by atoms with E-state index in [2.05, 4.69) is 35.8 Å². The van der Waals surface area contributed by atoms with Crippen LogP contribution in [-0.2, 0) is 22.6 Å². The molecule has 43 heavy (non-hydrogen) atoms. The van der Waals surface area contributed by atoms with Gasteiger partial charge in [-0.05, 0) is 46.9 Å². The quantitative estimate of drug-likeness (QED) is 0.119. The van der Waals surface area contributed by atoms with Gasteiger partial charge in [0.25, 0.3) is 5.03 Å². The van der Waals surface area contributed by atoms with Gasteiger partial charge in [0.2, 0.25) is 0 Å². The van der Waals surface area contributed by atoms with Crippen molar-refractivity contribution < 1.29 is 24.1 Å². The first-order chi connectivity index (χ1) is 20.9. The Balaban J connectivity index is 1.34. The van der Waals surface area contributed by atoms with E-state index < -0.39 is 6.29 Å². The van der Waals surface area contributed by atoms with Crippen molar-refractivity contribution in [3.8, 4) is 11.1 Å². The largest absolute Gasteiger partial charge is 0.618 e. The summed E-state index contributed by atoms with van der Waals surface area (Å²) in [4.78, 5) is 11.8. The molecule has 0 radical (unpaired) electrons. The molecule has 4 atom stereocenters. The maximum atomic E-state index is 12.3. The zero-order valence-electron chi connectivity index (χ0n) is 24.3. The second-order valence-electron chi connectivity index (χ2n) is 10.5. The molecule has 3 aromatic carbocycles. The second-order valence-corrected chi connectivity index (χ2v) is 11.6. The molecule has 0 bridgehead atoms. The molecule has 0 unspecified atom stereocenters. The van der Waals surface area contributed by atoms with E-state index in [9.17, 15) is 15.1 Å². The van der Waals surface area contributed by atoms with Crippen LogP contribution in [0, 0.1) is 11.1 Å². The van der Waals surface area contributed by atoms with Gasteiger partial charge in [0.1, 0.15) is 0 Å². The number of thioether (sulfide) groups is 1. The maximum Gasteiger partial charge on any atom is 0.315 e. The number of hydrogen-bond donors (Lipinski definition) is 3. The molecule has 1 aromatic heterocycles. The number of carbonyl (C=O) groups is 1. The Morgan fingerprint density at radius 2 is 1.67 bits per heavy atom. The minimum Gasteiger partial charge on any atom is -0.618 e. The highest BCUT2D eigenvalue weighted by molar-refractivity contribution is 7.99. The number of amides is 2. The molecule has 1 aliphatic rings. The van der Waals surface area contributed by atoms with E-state index >= 15 is 0 Å². The molecule has 2 heterocycles. The van der Waals surface area contributed by atoms with Crippen LogP contribution < -0.4 is 15.4 Å². The van der Waals surface area contributed by atoms with Gasteiger partial charge in [0.15, 0.2) is 12.5 Å². The normalized spacial score (nSPS) is 20.0. The smallest absolute Gasteiger partial charge is 0.315 e. The van der Waals surface area contributed by atoms with Crippen LogP contribution in [0.15, 0.2) is 102 Å². The van der Waals surface area contributed by atoms with Crippen molar-refractivity contribution in [1.29, 1.82) is 0 Å². The van der Waals surface area contributed by atoms with Gasteiger partial charge in [-0.25, -0.2) is 4.79 Å². The molecule has 4 aromatic rings. The molecule has 1 saturated heterocycles. The molecule has 0 spiro atoms. The molecule has 0 aliphatic carbocycles. The number of aliphatic hydroxyl groups excluding tert-OH is 1. The number of benzene rings is 3. The van der Waals surface area contributed by atoms with Crippen molar-refractivity contribution in [2.24, 2.45) is 5.92 Å². The summed E-state index contributed by atoms with van der Waals surface area (Å²) in [6.45, 7) is 5.00. The third-order valence-electron chi connectivity index (χ3n) is 7.54. The average molecular weight is 600 g/mol. The number of nitrogens with one attached hydrogen (secondary N) is 2. The van der Waals surface area contributed by atoms with E-state index in [-0.39, 0.29) is 30.8 Å². The van der Waals surface area contributed by atoms with E-state index in [4.69, 9.17) is 9.47 Å². The third kappa shape index (κ3) is 7.74. The summed E-state index contributed by atoms with van der Waals surface area (Å²) in [6, 6.07) is 29.3. The van der Waals surface area contributed by atoms with E-state index in [1.807, 2.05) is 73.7 Å². The van der Waals surface area contributed by atoms with Crippen molar-refractivity contribution in [3.05, 3.63) is 125 Å². The number of rotatable bonds is 10. The van der Waals surface area contributed by atoms with Crippen LogP contribution in [0.1, 0.15) is 48.5 Å². The zero-order valence-corrected chi connectivity index (χ0v) is 25.1. The van der Waals surface area contributed by atoms with Crippen molar-refractivity contribution in [3.63, 3.8) is 0 Å². The van der Waals surface area contributed by atoms with Gasteiger partial charge in [0.05, 0.1) is 18.8 Å². The Morgan fingerprint density at radius 1 is 0.907 bits per heavy atom. The monoisotopic (exact) mass is 599 g/mol. The lowest BCUT2D eigenvalue weighted by atomic mass is 9.91. The molecule has 1 fully saturated rings. The molecular weight excluding hydrogens is 562 g/mol. The van der Waals surface area contributed by atoms with Crippen LogP contribution in [-0.4, -0.2) is 29.5 Å². The lowest BCUT2D eigenvalue weighted by Gasteiger charge is -2.41. The van der Waals surface area contributed by atoms with E-state index in [0.29, 0.717) is 23.9 Å². The number of aromatic nitrogens is 1. The van der Waals surface area contributed by atoms with Gasteiger partial charge in [-0.15, -0.1) is 0 Å². The van der Waals surface area contributed by atoms with Gasteiger partial charge in [-0.1, -0.05) is 85.4 Å². The van der Waals surface area contributed by atoms with Crippen LogP contribution in [0.3, 0.4) is 0 Å². The summed E-state index contributed by atoms with van der Waals surface area (Å²) < 4.78 is 14.0. The number of nitrogens with zero attached hydrogens (tertiary/aromatic N) is 1. The Bertz CT molecular complexity index is 1500. The molecular formula is C34H37N3O5S. The molecule has 3 N–H and O–H groups in total. The topological polar surface area (TPSA) is 107 Å². The lowest BCUT2D eigenvalue weighted by Crippen LogP contribution is -2.39. The van der Waals surface area contributed by atoms with Gasteiger partial charge in [-0.3, -0.25) is 0 Å². The van der Waals surface area contributed by atoms with Gasteiger partial charge in [0, 0.05) is 42.5 Å². The highest BCUT2D eigenvalue weighted by atomic mass is 32.2. The second kappa shape index (κ2) is 14.5. The molecule has 8 nitrogen and oxygen atoms in total. The average Bonchev–Trinajstić information content (AvgIpc) is 3.04. The first kappa shape index (κ1) is 30.6. The van der Waals surface area contributed by atoms with Gasteiger partial charge in [-0.2, -0.15) is 4.73 Å². The van der Waals surface area contributed by atoms with Crippen LogP contribution in [0.25, 0.3) is 11.1 Å². The Morgan fingerprint density at radius 3 is 2.40 bits per heavy atom. The van der Waals surface area contributed by atoms with Crippen LogP contribution in [0.2, 0.25) is 0 Å². The molecule has 9 heteroatoms. The maximum absolute atomic E-state index is 12.3. The fourth-order valence-electron chi connectivity index (χ4n) is 5.10. The standard InChI is InChI=1S/C34H37N3O5S/c1-3-35-34(39)36-20-25-7-6-8-29(19-25)26-14-16-28(17-15-26)33-41-30(22-43-31-9-4-5-18-37(31)40)23(2)32(42-33)27-12-10-24(21-38)11-13-27/h4-19,23,30,32-33,38H,3,20-22H2,1-2H3,(H2,35,36,39)/t23-,30+,32+,33+/m0/s1. The highest BCUT2D eigenvalue weighted by Crippen LogP contribution is 2.43. The van der Waals surface area contributed by atoms with Crippen molar-refractivity contribution >= 4 is 17.8 Å². The van der Waals surface area contributed by atoms with E-state index in [1.54, 1.807) is 6.07 Å². The summed E-state index contributed by atoms with van der Waals surface area (Å²) in [5.41, 5.74) is 5.85. The number of hydrogen-bond acceptors (Lipinski definition) is 6. The Hall–Kier alpha value is -3.89.